The fraction of sp³-hybridized carbons (Fsp3) is 0.308. The molecule has 0 radical (unpaired) electrons. The highest BCUT2D eigenvalue weighted by atomic mass is 28.4. The van der Waals surface area contributed by atoms with Crippen LogP contribution in [0.25, 0.3) is 0 Å². The van der Waals surface area contributed by atoms with E-state index in [2.05, 4.69) is 20.8 Å². The van der Waals surface area contributed by atoms with Gasteiger partial charge in [0.05, 0.1) is 17.6 Å². The topological polar surface area (TPSA) is 63.0 Å². The molecule has 3 aromatic rings. The van der Waals surface area contributed by atoms with Gasteiger partial charge in [0, 0.05) is 0 Å². The molecule has 33 heavy (non-hydrogen) atoms. The number of urea groups is 1. The van der Waals surface area contributed by atoms with Crippen LogP contribution in [-0.4, -0.2) is 31.3 Å². The van der Waals surface area contributed by atoms with E-state index in [0.29, 0.717) is 17.1 Å². The SMILES string of the molecule is CC[Si](CC)(CC)OC1C(=O)N(C(=O)N(c2ccccc2)c2ccccc2)C1c1ccco1. The quantitative estimate of drug-likeness (QED) is 0.283. The number of likely N-dealkylation sites (tertiary alicyclic amines) is 1. The highest BCUT2D eigenvalue weighted by Gasteiger charge is 2.57. The lowest BCUT2D eigenvalue weighted by Gasteiger charge is -2.48. The van der Waals surface area contributed by atoms with Gasteiger partial charge in [0.25, 0.3) is 5.91 Å². The van der Waals surface area contributed by atoms with Crippen molar-refractivity contribution < 1.29 is 18.4 Å². The Morgan fingerprint density at radius 2 is 1.45 bits per heavy atom. The molecule has 1 aromatic heterocycles. The van der Waals surface area contributed by atoms with Gasteiger partial charge in [-0.05, 0) is 54.5 Å². The van der Waals surface area contributed by atoms with E-state index in [9.17, 15) is 9.59 Å². The summed E-state index contributed by atoms with van der Waals surface area (Å²) < 4.78 is 12.2. The Morgan fingerprint density at radius 3 is 1.91 bits per heavy atom. The van der Waals surface area contributed by atoms with E-state index in [-0.39, 0.29) is 5.91 Å². The fourth-order valence-corrected chi connectivity index (χ4v) is 7.20. The largest absolute Gasteiger partial charge is 0.467 e. The summed E-state index contributed by atoms with van der Waals surface area (Å²) in [4.78, 5) is 30.2. The van der Waals surface area contributed by atoms with Crippen molar-refractivity contribution in [2.75, 3.05) is 4.90 Å². The van der Waals surface area contributed by atoms with Crippen LogP contribution in [0.3, 0.4) is 0 Å². The average molecular weight is 463 g/mol. The fourth-order valence-electron chi connectivity index (χ4n) is 4.43. The van der Waals surface area contributed by atoms with E-state index < -0.39 is 26.5 Å². The summed E-state index contributed by atoms with van der Waals surface area (Å²) in [6, 6.07) is 24.0. The minimum Gasteiger partial charge on any atom is -0.467 e. The van der Waals surface area contributed by atoms with E-state index >= 15 is 0 Å². The lowest BCUT2D eigenvalue weighted by atomic mass is 9.96. The third-order valence-electron chi connectivity index (χ3n) is 6.62. The van der Waals surface area contributed by atoms with Gasteiger partial charge in [-0.25, -0.2) is 9.69 Å². The molecule has 7 heteroatoms. The van der Waals surface area contributed by atoms with Crippen molar-refractivity contribution in [1.82, 2.24) is 4.90 Å². The number of rotatable bonds is 8. The number of anilines is 2. The Morgan fingerprint density at radius 1 is 0.909 bits per heavy atom. The molecule has 0 spiro atoms. The second-order valence-electron chi connectivity index (χ2n) is 8.24. The Balaban J connectivity index is 1.71. The lowest BCUT2D eigenvalue weighted by molar-refractivity contribution is -0.159. The van der Waals surface area contributed by atoms with E-state index in [1.165, 1.54) is 4.90 Å². The molecule has 2 unspecified atom stereocenters. The molecule has 1 saturated heterocycles. The molecule has 4 rings (SSSR count). The predicted molar refractivity (Wildman–Crippen MR) is 131 cm³/mol. The molecule has 1 fully saturated rings. The first-order valence-electron chi connectivity index (χ1n) is 11.5. The highest BCUT2D eigenvalue weighted by Crippen LogP contribution is 2.42. The smallest absolute Gasteiger partial charge is 0.336 e. The van der Waals surface area contributed by atoms with Crippen molar-refractivity contribution in [3.63, 3.8) is 0 Å². The monoisotopic (exact) mass is 462 g/mol. The average Bonchev–Trinajstić information content (AvgIpc) is 3.39. The van der Waals surface area contributed by atoms with Gasteiger partial charge < -0.3 is 8.84 Å². The Labute approximate surface area is 195 Å². The number of nitrogens with zero attached hydrogens (tertiary/aromatic N) is 2. The van der Waals surface area contributed by atoms with Crippen LogP contribution in [0, 0.1) is 0 Å². The summed E-state index contributed by atoms with van der Waals surface area (Å²) in [7, 11) is -2.08. The summed E-state index contributed by atoms with van der Waals surface area (Å²) in [6.45, 7) is 6.37. The van der Waals surface area contributed by atoms with Gasteiger partial charge in [0.15, 0.2) is 14.4 Å². The van der Waals surface area contributed by atoms with Gasteiger partial charge in [-0.1, -0.05) is 57.2 Å². The van der Waals surface area contributed by atoms with Crippen molar-refractivity contribution >= 4 is 31.6 Å². The van der Waals surface area contributed by atoms with Crippen LogP contribution in [0.5, 0.6) is 0 Å². The number of imide groups is 1. The standard InChI is InChI=1S/C26H30N2O4Si/c1-4-33(5-2,6-3)32-24-23(22-18-13-19-31-22)28(25(24)29)26(30)27(20-14-9-7-10-15-20)21-16-11-8-12-17-21/h7-19,23-24H,4-6H2,1-3H3. The zero-order valence-electron chi connectivity index (χ0n) is 19.3. The second-order valence-corrected chi connectivity index (χ2v) is 13.0. The number of benzene rings is 2. The third-order valence-corrected chi connectivity index (χ3v) is 11.2. The van der Waals surface area contributed by atoms with E-state index in [1.54, 1.807) is 23.3 Å². The zero-order valence-corrected chi connectivity index (χ0v) is 20.3. The number of carbonyl (C=O) groups is 2. The van der Waals surface area contributed by atoms with Gasteiger partial charge in [0.1, 0.15) is 11.8 Å². The maximum atomic E-state index is 13.9. The Hall–Kier alpha value is -3.16. The van der Waals surface area contributed by atoms with Crippen LogP contribution in [0.4, 0.5) is 16.2 Å². The molecule has 0 aliphatic carbocycles. The van der Waals surface area contributed by atoms with Gasteiger partial charge in [-0.2, -0.15) is 0 Å². The summed E-state index contributed by atoms with van der Waals surface area (Å²) in [5.74, 6) is 0.241. The maximum Gasteiger partial charge on any atom is 0.336 e. The molecule has 2 aromatic carbocycles. The Kier molecular flexibility index (Phi) is 6.81. The first-order valence-corrected chi connectivity index (χ1v) is 14.1. The molecule has 6 nitrogen and oxygen atoms in total. The van der Waals surface area contributed by atoms with Gasteiger partial charge in [0.2, 0.25) is 0 Å². The van der Waals surface area contributed by atoms with Crippen molar-refractivity contribution in [2.24, 2.45) is 0 Å². The number of hydrogen-bond donors (Lipinski definition) is 0. The van der Waals surface area contributed by atoms with Crippen LogP contribution >= 0.6 is 0 Å². The highest BCUT2D eigenvalue weighted by molar-refractivity contribution is 6.73. The minimum absolute atomic E-state index is 0.314. The molecule has 1 aliphatic rings. The summed E-state index contributed by atoms with van der Waals surface area (Å²) in [5.41, 5.74) is 1.37. The molecule has 2 atom stereocenters. The van der Waals surface area contributed by atoms with Crippen LogP contribution in [0.15, 0.2) is 83.5 Å². The molecule has 3 amide bonds. The van der Waals surface area contributed by atoms with Crippen molar-refractivity contribution in [2.45, 2.75) is 51.0 Å². The van der Waals surface area contributed by atoms with E-state index in [1.807, 2.05) is 60.7 Å². The summed E-state index contributed by atoms with van der Waals surface area (Å²) >= 11 is 0. The zero-order chi connectivity index (χ0) is 23.4. The first-order chi connectivity index (χ1) is 16.0. The van der Waals surface area contributed by atoms with Gasteiger partial charge in [-0.3, -0.25) is 9.69 Å². The summed E-state index contributed by atoms with van der Waals surface area (Å²) in [6.07, 6.45) is 0.855. The number of hydrogen-bond acceptors (Lipinski definition) is 4. The van der Waals surface area contributed by atoms with Crippen LogP contribution < -0.4 is 4.90 Å². The lowest BCUT2D eigenvalue weighted by Crippen LogP contribution is -2.66. The van der Waals surface area contributed by atoms with E-state index in [0.717, 1.165) is 18.1 Å². The summed E-state index contributed by atoms with van der Waals surface area (Å²) in [5, 5.41) is 0. The number of β-lactam (4-membered cyclic amide) rings is 1. The Bertz CT molecular complexity index is 1020. The van der Waals surface area contributed by atoms with Gasteiger partial charge in [-0.15, -0.1) is 0 Å². The van der Waals surface area contributed by atoms with E-state index in [4.69, 9.17) is 8.84 Å². The predicted octanol–water partition coefficient (Wildman–Crippen LogP) is 6.51. The molecular formula is C26H30N2O4Si. The number of carbonyl (C=O) groups excluding carboxylic acids is 2. The molecule has 172 valence electrons. The van der Waals surface area contributed by atoms with Gasteiger partial charge >= 0.3 is 6.03 Å². The van der Waals surface area contributed by atoms with Crippen LogP contribution in [0.2, 0.25) is 18.1 Å². The molecule has 2 heterocycles. The normalized spacial score (nSPS) is 18.2. The molecule has 0 bridgehead atoms. The van der Waals surface area contributed by atoms with Crippen molar-refractivity contribution in [3.8, 4) is 0 Å². The van der Waals surface area contributed by atoms with Crippen molar-refractivity contribution in [1.29, 1.82) is 0 Å². The first kappa shape index (κ1) is 23.0. The third kappa shape index (κ3) is 4.26. The molecule has 0 N–H and O–H groups in total. The van der Waals surface area contributed by atoms with Crippen molar-refractivity contribution in [3.05, 3.63) is 84.8 Å². The second kappa shape index (κ2) is 9.76. The van der Waals surface area contributed by atoms with Crippen LogP contribution in [0.1, 0.15) is 32.6 Å². The number of amides is 3. The molecule has 1 aliphatic heterocycles. The number of furan rings is 1. The van der Waals surface area contributed by atoms with Crippen LogP contribution in [-0.2, 0) is 9.22 Å². The number of para-hydroxylation sites is 2. The minimum atomic E-state index is -2.08. The maximum absolute atomic E-state index is 13.9. The molecular weight excluding hydrogens is 432 g/mol. The molecule has 0 saturated carbocycles.